The zero-order valence-corrected chi connectivity index (χ0v) is 15.3. The van der Waals surface area contributed by atoms with Gasteiger partial charge in [-0.2, -0.15) is 0 Å². The molecule has 0 aromatic heterocycles. The summed E-state index contributed by atoms with van der Waals surface area (Å²) in [7, 11) is 0. The number of carbonyl (C=O) groups excluding carboxylic acids is 1. The summed E-state index contributed by atoms with van der Waals surface area (Å²) in [6.07, 6.45) is 0.941. The fourth-order valence-electron chi connectivity index (χ4n) is 3.91. The standard InChI is InChI=1S/C24H21NO3/c26-23(25-21(24(27)28)15-14-16-8-2-1-3-9-16)22-19-12-6-4-10-17(19)18-11-5-7-13-20(18)22/h1-13,21-22H,14-15H2,(H,25,26)(H,27,28)/t21-/m0/s1. The van der Waals surface area contributed by atoms with Gasteiger partial charge < -0.3 is 10.4 Å². The van der Waals surface area contributed by atoms with Crippen LogP contribution in [0.4, 0.5) is 0 Å². The highest BCUT2D eigenvalue weighted by molar-refractivity contribution is 5.97. The highest BCUT2D eigenvalue weighted by Crippen LogP contribution is 2.44. The van der Waals surface area contributed by atoms with Crippen molar-refractivity contribution in [1.29, 1.82) is 0 Å². The van der Waals surface area contributed by atoms with Crippen molar-refractivity contribution in [3.05, 3.63) is 95.6 Å². The molecule has 2 N–H and O–H groups in total. The number of fused-ring (bicyclic) bond motifs is 3. The van der Waals surface area contributed by atoms with Gasteiger partial charge in [0.05, 0.1) is 5.92 Å². The molecule has 1 atom stereocenters. The number of carbonyl (C=O) groups is 2. The van der Waals surface area contributed by atoms with Crippen LogP contribution in [0.1, 0.15) is 29.0 Å². The van der Waals surface area contributed by atoms with Crippen molar-refractivity contribution in [1.82, 2.24) is 5.32 Å². The molecular weight excluding hydrogens is 350 g/mol. The largest absolute Gasteiger partial charge is 0.480 e. The van der Waals surface area contributed by atoms with Gasteiger partial charge in [0.25, 0.3) is 0 Å². The fraction of sp³-hybridized carbons (Fsp3) is 0.167. The average molecular weight is 371 g/mol. The average Bonchev–Trinajstić information content (AvgIpc) is 3.06. The monoisotopic (exact) mass is 371 g/mol. The van der Waals surface area contributed by atoms with Crippen molar-refractivity contribution >= 4 is 11.9 Å². The molecule has 0 unspecified atom stereocenters. The van der Waals surface area contributed by atoms with Gasteiger partial charge in [0.1, 0.15) is 6.04 Å². The summed E-state index contributed by atoms with van der Waals surface area (Å²) in [5.41, 5.74) is 4.98. The number of benzene rings is 3. The second-order valence-electron chi connectivity index (χ2n) is 7.03. The molecule has 0 spiro atoms. The van der Waals surface area contributed by atoms with E-state index >= 15 is 0 Å². The van der Waals surface area contributed by atoms with Gasteiger partial charge in [-0.25, -0.2) is 4.79 Å². The van der Waals surface area contributed by atoms with Gasteiger partial charge in [0.15, 0.2) is 0 Å². The molecule has 1 amide bonds. The second kappa shape index (κ2) is 7.69. The number of carboxylic acids is 1. The number of aryl methyl sites for hydroxylation is 1. The number of rotatable bonds is 6. The van der Waals surface area contributed by atoms with Crippen molar-refractivity contribution in [2.75, 3.05) is 0 Å². The lowest BCUT2D eigenvalue weighted by Crippen LogP contribution is -2.43. The molecule has 28 heavy (non-hydrogen) atoms. The third-order valence-electron chi connectivity index (χ3n) is 5.28. The zero-order chi connectivity index (χ0) is 19.5. The fourth-order valence-corrected chi connectivity index (χ4v) is 3.91. The molecule has 0 heterocycles. The molecule has 1 aliphatic carbocycles. The van der Waals surface area contributed by atoms with Gasteiger partial charge in [0.2, 0.25) is 5.91 Å². The Balaban J connectivity index is 1.55. The van der Waals surface area contributed by atoms with Crippen LogP contribution in [-0.4, -0.2) is 23.0 Å². The Kier molecular flexibility index (Phi) is 4.94. The van der Waals surface area contributed by atoms with Crippen LogP contribution in [0.5, 0.6) is 0 Å². The lowest BCUT2D eigenvalue weighted by molar-refractivity contribution is -0.142. The quantitative estimate of drug-likeness (QED) is 0.688. The van der Waals surface area contributed by atoms with Gasteiger partial charge >= 0.3 is 5.97 Å². The normalized spacial score (nSPS) is 13.4. The Labute approximate surface area is 163 Å². The number of nitrogens with one attached hydrogen (secondary N) is 1. The topological polar surface area (TPSA) is 66.4 Å². The van der Waals surface area contributed by atoms with Crippen LogP contribution in [0, 0.1) is 0 Å². The van der Waals surface area contributed by atoms with E-state index in [1.54, 1.807) is 0 Å². The molecule has 0 radical (unpaired) electrons. The minimum absolute atomic E-state index is 0.266. The molecule has 4 rings (SSSR count). The maximum Gasteiger partial charge on any atom is 0.326 e. The molecule has 0 saturated heterocycles. The summed E-state index contributed by atoms with van der Waals surface area (Å²) >= 11 is 0. The maximum atomic E-state index is 13.1. The van der Waals surface area contributed by atoms with Gasteiger partial charge in [-0.05, 0) is 40.7 Å². The number of carboxylic acid groups (broad SMARTS) is 1. The third-order valence-corrected chi connectivity index (χ3v) is 5.28. The van der Waals surface area contributed by atoms with Gasteiger partial charge in [-0.15, -0.1) is 0 Å². The highest BCUT2D eigenvalue weighted by Gasteiger charge is 2.35. The molecule has 3 aromatic carbocycles. The van der Waals surface area contributed by atoms with E-state index in [1.165, 1.54) is 0 Å². The van der Waals surface area contributed by atoms with Crippen molar-refractivity contribution in [3.8, 4) is 11.1 Å². The molecule has 3 aromatic rings. The number of aliphatic carboxylic acids is 1. The van der Waals surface area contributed by atoms with Gasteiger partial charge in [-0.1, -0.05) is 78.9 Å². The Bertz CT molecular complexity index is 968. The minimum atomic E-state index is -1.01. The summed E-state index contributed by atoms with van der Waals surface area (Å²) in [6.45, 7) is 0. The molecular formula is C24H21NO3. The lowest BCUT2D eigenvalue weighted by Gasteiger charge is -2.19. The molecule has 0 fully saturated rings. The van der Waals surface area contributed by atoms with E-state index in [1.807, 2.05) is 78.9 Å². The Morgan fingerprint density at radius 2 is 1.36 bits per heavy atom. The van der Waals surface area contributed by atoms with Crippen LogP contribution in [0.2, 0.25) is 0 Å². The summed E-state index contributed by atoms with van der Waals surface area (Å²) < 4.78 is 0. The third kappa shape index (κ3) is 3.41. The number of hydrogen-bond donors (Lipinski definition) is 2. The van der Waals surface area contributed by atoms with E-state index in [4.69, 9.17) is 0 Å². The van der Waals surface area contributed by atoms with Crippen LogP contribution >= 0.6 is 0 Å². The van der Waals surface area contributed by atoms with E-state index in [9.17, 15) is 14.7 Å². The van der Waals surface area contributed by atoms with E-state index in [0.717, 1.165) is 27.8 Å². The molecule has 4 heteroatoms. The Morgan fingerprint density at radius 1 is 0.821 bits per heavy atom. The van der Waals surface area contributed by atoms with Gasteiger partial charge in [0, 0.05) is 0 Å². The first-order valence-corrected chi connectivity index (χ1v) is 9.40. The van der Waals surface area contributed by atoms with Crippen LogP contribution in [-0.2, 0) is 16.0 Å². The van der Waals surface area contributed by atoms with E-state index in [2.05, 4.69) is 5.32 Å². The van der Waals surface area contributed by atoms with Crippen LogP contribution in [0.25, 0.3) is 11.1 Å². The van der Waals surface area contributed by atoms with Crippen LogP contribution in [0.3, 0.4) is 0 Å². The molecule has 0 aliphatic heterocycles. The molecule has 4 nitrogen and oxygen atoms in total. The van der Waals surface area contributed by atoms with Gasteiger partial charge in [-0.3, -0.25) is 4.79 Å². The first-order valence-electron chi connectivity index (χ1n) is 9.40. The summed E-state index contributed by atoms with van der Waals surface area (Å²) in [6, 6.07) is 24.4. The first-order chi connectivity index (χ1) is 13.6. The summed E-state index contributed by atoms with van der Waals surface area (Å²) in [5.74, 6) is -1.76. The van der Waals surface area contributed by atoms with Crippen LogP contribution in [0.15, 0.2) is 78.9 Å². The van der Waals surface area contributed by atoms with E-state index in [-0.39, 0.29) is 5.91 Å². The van der Waals surface area contributed by atoms with Crippen LogP contribution < -0.4 is 5.32 Å². The highest BCUT2D eigenvalue weighted by atomic mass is 16.4. The lowest BCUT2D eigenvalue weighted by atomic mass is 9.95. The SMILES string of the molecule is O=C(N[C@@H](CCc1ccccc1)C(=O)O)C1c2ccccc2-c2ccccc21. The van der Waals surface area contributed by atoms with Crippen molar-refractivity contribution in [2.45, 2.75) is 24.8 Å². The Morgan fingerprint density at radius 3 is 1.93 bits per heavy atom. The van der Waals surface area contributed by atoms with Crippen molar-refractivity contribution in [3.63, 3.8) is 0 Å². The van der Waals surface area contributed by atoms with E-state index in [0.29, 0.717) is 12.8 Å². The Hall–Kier alpha value is -3.40. The maximum absolute atomic E-state index is 13.1. The molecule has 140 valence electrons. The number of hydrogen-bond acceptors (Lipinski definition) is 2. The second-order valence-corrected chi connectivity index (χ2v) is 7.03. The van der Waals surface area contributed by atoms with Crippen molar-refractivity contribution < 1.29 is 14.7 Å². The summed E-state index contributed by atoms with van der Waals surface area (Å²) in [5, 5.41) is 12.4. The minimum Gasteiger partial charge on any atom is -0.480 e. The molecule has 0 saturated carbocycles. The zero-order valence-electron chi connectivity index (χ0n) is 15.3. The number of amides is 1. The molecule has 1 aliphatic rings. The van der Waals surface area contributed by atoms with E-state index < -0.39 is 17.9 Å². The van der Waals surface area contributed by atoms with Crippen molar-refractivity contribution in [2.24, 2.45) is 0 Å². The molecule has 0 bridgehead atoms. The predicted molar refractivity (Wildman–Crippen MR) is 108 cm³/mol. The summed E-state index contributed by atoms with van der Waals surface area (Å²) in [4.78, 5) is 24.9. The first kappa shape index (κ1) is 18.0. The predicted octanol–water partition coefficient (Wildman–Crippen LogP) is 4.00. The smallest absolute Gasteiger partial charge is 0.326 e.